The minimum Gasteiger partial charge on any atom is -0.389 e. The van der Waals surface area contributed by atoms with Crippen molar-refractivity contribution in [2.24, 2.45) is 5.73 Å². The van der Waals surface area contributed by atoms with Crippen LogP contribution in [0.2, 0.25) is 0 Å². The lowest BCUT2D eigenvalue weighted by Gasteiger charge is -2.30. The van der Waals surface area contributed by atoms with Crippen LogP contribution in [0.3, 0.4) is 0 Å². The highest BCUT2D eigenvalue weighted by Gasteiger charge is 2.22. The molecule has 0 aromatic carbocycles. The van der Waals surface area contributed by atoms with E-state index in [0.29, 0.717) is 12.6 Å². The van der Waals surface area contributed by atoms with Crippen LogP contribution in [0.15, 0.2) is 0 Å². The third-order valence-corrected chi connectivity index (χ3v) is 3.57. The summed E-state index contributed by atoms with van der Waals surface area (Å²) in [4.78, 5) is 2.50. The normalized spacial score (nSPS) is 28.4. The molecule has 0 bridgehead atoms. The van der Waals surface area contributed by atoms with Crippen molar-refractivity contribution < 1.29 is 5.11 Å². The SMILES string of the molecule is CC1CCCCCN1CCC(C)(O)CN. The summed E-state index contributed by atoms with van der Waals surface area (Å²) in [6.07, 6.45) is 6.09. The van der Waals surface area contributed by atoms with E-state index in [9.17, 15) is 5.11 Å². The molecule has 0 saturated carbocycles. The van der Waals surface area contributed by atoms with E-state index in [0.717, 1.165) is 13.0 Å². The van der Waals surface area contributed by atoms with Crippen molar-refractivity contribution in [3.8, 4) is 0 Å². The van der Waals surface area contributed by atoms with E-state index in [4.69, 9.17) is 5.73 Å². The minimum atomic E-state index is -0.688. The van der Waals surface area contributed by atoms with E-state index in [-0.39, 0.29) is 0 Å². The van der Waals surface area contributed by atoms with Crippen molar-refractivity contribution in [3.05, 3.63) is 0 Å². The van der Waals surface area contributed by atoms with Crippen molar-refractivity contribution in [2.75, 3.05) is 19.6 Å². The topological polar surface area (TPSA) is 49.5 Å². The Morgan fingerprint density at radius 2 is 2.13 bits per heavy atom. The number of nitrogens with two attached hydrogens (primary N) is 1. The van der Waals surface area contributed by atoms with Crippen LogP contribution in [-0.2, 0) is 0 Å². The first-order valence-corrected chi connectivity index (χ1v) is 6.22. The van der Waals surface area contributed by atoms with Gasteiger partial charge in [-0.1, -0.05) is 12.8 Å². The summed E-state index contributed by atoms with van der Waals surface area (Å²) in [6.45, 7) is 6.64. The fourth-order valence-corrected chi connectivity index (χ4v) is 2.15. The molecule has 2 unspecified atom stereocenters. The average Bonchev–Trinajstić information content (AvgIpc) is 2.40. The fraction of sp³-hybridized carbons (Fsp3) is 1.00. The summed E-state index contributed by atoms with van der Waals surface area (Å²) in [7, 11) is 0. The summed E-state index contributed by atoms with van der Waals surface area (Å²) in [5.41, 5.74) is 4.83. The highest BCUT2D eigenvalue weighted by molar-refractivity contribution is 4.78. The lowest BCUT2D eigenvalue weighted by Crippen LogP contribution is -2.41. The molecule has 90 valence electrons. The first-order valence-electron chi connectivity index (χ1n) is 6.22. The third kappa shape index (κ3) is 4.49. The van der Waals surface area contributed by atoms with Gasteiger partial charge in [0.05, 0.1) is 5.60 Å². The molecule has 3 nitrogen and oxygen atoms in total. The Morgan fingerprint density at radius 3 is 2.80 bits per heavy atom. The Hall–Kier alpha value is -0.120. The van der Waals surface area contributed by atoms with Crippen LogP contribution in [0.4, 0.5) is 0 Å². The van der Waals surface area contributed by atoms with E-state index < -0.39 is 5.60 Å². The van der Waals surface area contributed by atoms with Gasteiger partial charge in [-0.15, -0.1) is 0 Å². The molecule has 1 aliphatic rings. The molecule has 0 spiro atoms. The third-order valence-electron chi connectivity index (χ3n) is 3.57. The molecule has 3 heteroatoms. The van der Waals surface area contributed by atoms with Crippen molar-refractivity contribution >= 4 is 0 Å². The second-order valence-corrected chi connectivity index (χ2v) is 5.19. The van der Waals surface area contributed by atoms with Gasteiger partial charge in [-0.05, 0) is 39.7 Å². The van der Waals surface area contributed by atoms with Crippen molar-refractivity contribution in [3.63, 3.8) is 0 Å². The van der Waals surface area contributed by atoms with Gasteiger partial charge in [-0.3, -0.25) is 0 Å². The van der Waals surface area contributed by atoms with Gasteiger partial charge in [-0.2, -0.15) is 0 Å². The predicted octanol–water partition coefficient (Wildman–Crippen LogP) is 1.35. The molecule has 3 N–H and O–H groups in total. The van der Waals surface area contributed by atoms with Gasteiger partial charge >= 0.3 is 0 Å². The van der Waals surface area contributed by atoms with Gasteiger partial charge in [-0.25, -0.2) is 0 Å². The summed E-state index contributed by atoms with van der Waals surface area (Å²) in [6, 6.07) is 0.668. The molecule has 0 aliphatic carbocycles. The molecule has 1 heterocycles. The number of likely N-dealkylation sites (tertiary alicyclic amines) is 1. The van der Waals surface area contributed by atoms with Gasteiger partial charge in [0.25, 0.3) is 0 Å². The zero-order valence-electron chi connectivity index (χ0n) is 10.2. The number of hydrogen-bond donors (Lipinski definition) is 2. The summed E-state index contributed by atoms with van der Waals surface area (Å²) in [5.74, 6) is 0. The maximum absolute atomic E-state index is 9.86. The second kappa shape index (κ2) is 5.83. The Morgan fingerprint density at radius 1 is 1.40 bits per heavy atom. The van der Waals surface area contributed by atoms with Gasteiger partial charge in [0.1, 0.15) is 0 Å². The summed E-state index contributed by atoms with van der Waals surface area (Å²) in [5, 5.41) is 9.86. The standard InChI is InChI=1S/C12H26N2O/c1-11-6-4-3-5-8-14(11)9-7-12(2,15)10-13/h11,15H,3-10,13H2,1-2H3. The van der Waals surface area contributed by atoms with Crippen molar-refractivity contribution in [1.82, 2.24) is 4.90 Å². The van der Waals surface area contributed by atoms with Gasteiger partial charge in [0.2, 0.25) is 0 Å². The maximum atomic E-state index is 9.86. The summed E-state index contributed by atoms with van der Waals surface area (Å²) < 4.78 is 0. The van der Waals surface area contributed by atoms with E-state index in [2.05, 4.69) is 11.8 Å². The number of aliphatic hydroxyl groups is 1. The van der Waals surface area contributed by atoms with Crippen LogP contribution in [0.25, 0.3) is 0 Å². The van der Waals surface area contributed by atoms with E-state index in [1.165, 1.54) is 32.2 Å². The average molecular weight is 214 g/mol. The first-order chi connectivity index (χ1) is 7.05. The lowest BCUT2D eigenvalue weighted by atomic mass is 10.0. The van der Waals surface area contributed by atoms with Crippen molar-refractivity contribution in [1.29, 1.82) is 0 Å². The van der Waals surface area contributed by atoms with Crippen LogP contribution in [0, 0.1) is 0 Å². The molecule has 1 aliphatic heterocycles. The zero-order valence-corrected chi connectivity index (χ0v) is 10.2. The number of hydrogen-bond acceptors (Lipinski definition) is 3. The van der Waals surface area contributed by atoms with Crippen LogP contribution in [0.5, 0.6) is 0 Å². The molecule has 0 amide bonds. The number of nitrogens with zero attached hydrogens (tertiary/aromatic N) is 1. The van der Waals surface area contributed by atoms with Crippen molar-refractivity contribution in [2.45, 2.75) is 57.6 Å². The largest absolute Gasteiger partial charge is 0.389 e. The zero-order chi connectivity index (χ0) is 11.3. The molecular formula is C12H26N2O. The molecule has 0 radical (unpaired) electrons. The molecule has 15 heavy (non-hydrogen) atoms. The molecule has 0 aromatic heterocycles. The Kier molecular flexibility index (Phi) is 5.03. The minimum absolute atomic E-state index is 0.356. The molecular weight excluding hydrogens is 188 g/mol. The van der Waals surface area contributed by atoms with Gasteiger partial charge in [0.15, 0.2) is 0 Å². The Bertz CT molecular complexity index is 182. The first kappa shape index (κ1) is 12.9. The quantitative estimate of drug-likeness (QED) is 0.743. The predicted molar refractivity (Wildman–Crippen MR) is 63.8 cm³/mol. The molecule has 1 fully saturated rings. The highest BCUT2D eigenvalue weighted by atomic mass is 16.3. The second-order valence-electron chi connectivity index (χ2n) is 5.19. The Labute approximate surface area is 93.6 Å². The van der Waals surface area contributed by atoms with Crippen LogP contribution in [0.1, 0.15) is 46.0 Å². The van der Waals surface area contributed by atoms with E-state index >= 15 is 0 Å². The maximum Gasteiger partial charge on any atom is 0.0753 e. The molecule has 2 atom stereocenters. The highest BCUT2D eigenvalue weighted by Crippen LogP contribution is 2.18. The fourth-order valence-electron chi connectivity index (χ4n) is 2.15. The molecule has 0 aromatic rings. The number of rotatable bonds is 4. The van der Waals surface area contributed by atoms with Gasteiger partial charge in [0, 0.05) is 19.1 Å². The lowest BCUT2D eigenvalue weighted by molar-refractivity contribution is 0.0430. The van der Waals surface area contributed by atoms with Crippen LogP contribution >= 0.6 is 0 Å². The van der Waals surface area contributed by atoms with Crippen LogP contribution < -0.4 is 5.73 Å². The summed E-state index contributed by atoms with van der Waals surface area (Å²) >= 11 is 0. The molecule has 1 saturated heterocycles. The van der Waals surface area contributed by atoms with Crippen LogP contribution in [-0.4, -0.2) is 41.3 Å². The van der Waals surface area contributed by atoms with E-state index in [1.54, 1.807) is 0 Å². The van der Waals surface area contributed by atoms with Gasteiger partial charge < -0.3 is 15.7 Å². The molecule has 1 rings (SSSR count). The smallest absolute Gasteiger partial charge is 0.0753 e. The Balaban J connectivity index is 2.35. The monoisotopic (exact) mass is 214 g/mol. The van der Waals surface area contributed by atoms with E-state index in [1.807, 2.05) is 6.92 Å².